The highest BCUT2D eigenvalue weighted by molar-refractivity contribution is 7.89. The van der Waals surface area contributed by atoms with E-state index in [4.69, 9.17) is 0 Å². The molecule has 0 saturated carbocycles. The molecular formula is C20H26N4O3S2. The van der Waals surface area contributed by atoms with Crippen LogP contribution in [0.3, 0.4) is 0 Å². The van der Waals surface area contributed by atoms with Crippen LogP contribution in [0.1, 0.15) is 35.2 Å². The largest absolute Gasteiger partial charge is 0.337 e. The van der Waals surface area contributed by atoms with Gasteiger partial charge >= 0.3 is 0 Å². The van der Waals surface area contributed by atoms with Crippen molar-refractivity contribution in [2.45, 2.75) is 44.2 Å². The Bertz CT molecular complexity index is 983. The third-order valence-corrected chi connectivity index (χ3v) is 7.98. The van der Waals surface area contributed by atoms with Gasteiger partial charge in [0.25, 0.3) is 0 Å². The molecule has 0 bridgehead atoms. The molecule has 1 N–H and O–H groups in total. The molecule has 4 rings (SSSR count). The van der Waals surface area contributed by atoms with E-state index in [2.05, 4.69) is 14.6 Å². The van der Waals surface area contributed by atoms with Crippen molar-refractivity contribution in [2.24, 2.45) is 0 Å². The number of carbonyl (C=O) groups excluding carboxylic acids is 1. The second-order valence-electron chi connectivity index (χ2n) is 7.66. The van der Waals surface area contributed by atoms with Crippen molar-refractivity contribution in [1.29, 1.82) is 0 Å². The van der Waals surface area contributed by atoms with E-state index >= 15 is 0 Å². The number of fused-ring (bicyclic) bond motifs is 1. The molecule has 0 unspecified atom stereocenters. The number of hydrogen-bond donors (Lipinski definition) is 1. The van der Waals surface area contributed by atoms with Crippen molar-refractivity contribution in [3.63, 3.8) is 0 Å². The molecule has 4 heterocycles. The summed E-state index contributed by atoms with van der Waals surface area (Å²) in [5.41, 5.74) is 3.89. The average molecular weight is 435 g/mol. The first-order chi connectivity index (χ1) is 13.9. The fourth-order valence-corrected chi connectivity index (χ4v) is 6.08. The molecule has 0 radical (unpaired) electrons. The second-order valence-corrected chi connectivity index (χ2v) is 10.2. The highest BCUT2D eigenvalue weighted by Crippen LogP contribution is 2.25. The van der Waals surface area contributed by atoms with Crippen LogP contribution in [0.4, 0.5) is 0 Å². The Morgan fingerprint density at radius 1 is 1.28 bits per heavy atom. The maximum absolute atomic E-state index is 12.7. The molecule has 2 aromatic rings. The molecule has 2 aliphatic heterocycles. The van der Waals surface area contributed by atoms with Crippen molar-refractivity contribution >= 4 is 27.3 Å². The molecule has 0 aromatic carbocycles. The smallest absolute Gasteiger partial charge is 0.241 e. The summed E-state index contributed by atoms with van der Waals surface area (Å²) in [4.78, 5) is 21.6. The number of sulfonamides is 1. The summed E-state index contributed by atoms with van der Waals surface area (Å²) in [6, 6.07) is 1.60. The van der Waals surface area contributed by atoms with Crippen LogP contribution in [0.15, 0.2) is 27.9 Å². The van der Waals surface area contributed by atoms with Crippen molar-refractivity contribution in [2.75, 3.05) is 26.2 Å². The van der Waals surface area contributed by atoms with E-state index in [0.29, 0.717) is 19.6 Å². The summed E-state index contributed by atoms with van der Waals surface area (Å²) in [6.45, 7) is 5.81. The van der Waals surface area contributed by atoms with Crippen molar-refractivity contribution in [3.8, 4) is 0 Å². The summed E-state index contributed by atoms with van der Waals surface area (Å²) in [5, 5.41) is 3.37. The summed E-state index contributed by atoms with van der Waals surface area (Å²) in [5.74, 6) is 0.165. The van der Waals surface area contributed by atoms with Gasteiger partial charge in [0.15, 0.2) is 0 Å². The fraction of sp³-hybridized carbons (Fsp3) is 0.500. The minimum Gasteiger partial charge on any atom is -0.337 e. The third kappa shape index (κ3) is 4.53. The second kappa shape index (κ2) is 8.51. The standard InChI is InChI=1S/C20H26N4O3S2/c1-15-19(11-22-29(26,27)17-5-9-28-14-17)18-4-8-24(12-16(18)10-21-15)20(25)13-23-6-2-3-7-23/h5,9-10,14,22H,2-4,6-8,11-13H2,1H3. The van der Waals surface area contributed by atoms with Crippen molar-refractivity contribution in [3.05, 3.63) is 45.4 Å². The maximum Gasteiger partial charge on any atom is 0.241 e. The molecule has 0 spiro atoms. The zero-order valence-corrected chi connectivity index (χ0v) is 18.2. The Kier molecular flexibility index (Phi) is 6.00. The van der Waals surface area contributed by atoms with E-state index in [1.807, 2.05) is 18.0 Å². The lowest BCUT2D eigenvalue weighted by atomic mass is 9.95. The third-order valence-electron chi connectivity index (χ3n) is 5.75. The molecule has 0 atom stereocenters. The zero-order valence-electron chi connectivity index (χ0n) is 16.6. The number of carbonyl (C=O) groups is 1. The average Bonchev–Trinajstić information content (AvgIpc) is 3.41. The van der Waals surface area contributed by atoms with E-state index in [9.17, 15) is 13.2 Å². The van der Waals surface area contributed by atoms with E-state index in [-0.39, 0.29) is 17.3 Å². The summed E-state index contributed by atoms with van der Waals surface area (Å²) in [7, 11) is -3.53. The van der Waals surface area contributed by atoms with Crippen molar-refractivity contribution < 1.29 is 13.2 Å². The summed E-state index contributed by atoms with van der Waals surface area (Å²) in [6.07, 6.45) is 4.89. The Hall–Kier alpha value is -1.81. The van der Waals surface area contributed by atoms with Gasteiger partial charge < -0.3 is 4.90 Å². The van der Waals surface area contributed by atoms with Gasteiger partial charge in [-0.05, 0) is 67.4 Å². The van der Waals surface area contributed by atoms with Crippen LogP contribution in [0.2, 0.25) is 0 Å². The van der Waals surface area contributed by atoms with Gasteiger partial charge in [-0.15, -0.1) is 0 Å². The molecule has 2 aromatic heterocycles. The molecule has 1 amide bonds. The first-order valence-corrected chi connectivity index (χ1v) is 12.3. The highest BCUT2D eigenvalue weighted by atomic mass is 32.2. The molecular weight excluding hydrogens is 408 g/mol. The predicted octanol–water partition coefficient (Wildman–Crippen LogP) is 1.91. The number of nitrogens with zero attached hydrogens (tertiary/aromatic N) is 3. The van der Waals surface area contributed by atoms with Gasteiger partial charge in [-0.25, -0.2) is 13.1 Å². The van der Waals surface area contributed by atoms with Gasteiger partial charge in [-0.1, -0.05) is 0 Å². The monoisotopic (exact) mass is 434 g/mol. The normalized spacial score (nSPS) is 17.5. The quantitative estimate of drug-likeness (QED) is 0.751. The van der Waals surface area contributed by atoms with Crippen LogP contribution in [0.25, 0.3) is 0 Å². The van der Waals surface area contributed by atoms with E-state index in [0.717, 1.165) is 41.9 Å². The molecule has 2 aliphatic rings. The first kappa shape index (κ1) is 20.5. The van der Waals surface area contributed by atoms with Gasteiger partial charge in [0.05, 0.1) is 11.4 Å². The number of nitrogens with one attached hydrogen (secondary N) is 1. The molecule has 1 fully saturated rings. The van der Waals surface area contributed by atoms with E-state index < -0.39 is 10.0 Å². The van der Waals surface area contributed by atoms with Gasteiger partial charge in [0.2, 0.25) is 15.9 Å². The molecule has 9 heteroatoms. The SMILES string of the molecule is Cc1ncc2c(c1CNS(=O)(=O)c1ccsc1)CCN(C(=O)CN1CCCC1)C2. The van der Waals surface area contributed by atoms with Crippen LogP contribution in [-0.4, -0.2) is 55.3 Å². The van der Waals surface area contributed by atoms with Crippen molar-refractivity contribution in [1.82, 2.24) is 19.5 Å². The summed E-state index contributed by atoms with van der Waals surface area (Å²) >= 11 is 1.36. The minimum atomic E-state index is -3.53. The molecule has 7 nitrogen and oxygen atoms in total. The lowest BCUT2D eigenvalue weighted by Gasteiger charge is -2.31. The number of pyridine rings is 1. The van der Waals surface area contributed by atoms with Crippen LogP contribution >= 0.6 is 11.3 Å². The topological polar surface area (TPSA) is 82.6 Å². The van der Waals surface area contributed by atoms with Gasteiger partial charge in [0.1, 0.15) is 0 Å². The first-order valence-electron chi connectivity index (χ1n) is 9.92. The minimum absolute atomic E-state index is 0.165. The number of thiophene rings is 1. The van der Waals surface area contributed by atoms with Gasteiger partial charge in [-0.2, -0.15) is 11.3 Å². The Labute approximate surface area is 175 Å². The molecule has 156 valence electrons. The predicted molar refractivity (Wildman–Crippen MR) is 112 cm³/mol. The maximum atomic E-state index is 12.7. The lowest BCUT2D eigenvalue weighted by molar-refractivity contribution is -0.133. The number of likely N-dealkylation sites (tertiary alicyclic amines) is 1. The summed E-state index contributed by atoms with van der Waals surface area (Å²) < 4.78 is 27.6. The van der Waals surface area contributed by atoms with Crippen LogP contribution < -0.4 is 4.72 Å². The van der Waals surface area contributed by atoms with Crippen LogP contribution in [0.5, 0.6) is 0 Å². The van der Waals surface area contributed by atoms with Crippen LogP contribution in [0, 0.1) is 6.92 Å². The molecule has 1 saturated heterocycles. The zero-order chi connectivity index (χ0) is 20.4. The van der Waals surface area contributed by atoms with Gasteiger partial charge in [0, 0.05) is 36.9 Å². The number of aryl methyl sites for hydroxylation is 1. The Morgan fingerprint density at radius 2 is 2.07 bits per heavy atom. The number of hydrogen-bond acceptors (Lipinski definition) is 6. The van der Waals surface area contributed by atoms with Crippen LogP contribution in [-0.2, 0) is 34.3 Å². The Morgan fingerprint density at radius 3 is 2.79 bits per heavy atom. The van der Waals surface area contributed by atoms with Gasteiger partial charge in [-0.3, -0.25) is 14.7 Å². The van der Waals surface area contributed by atoms with E-state index in [1.165, 1.54) is 24.2 Å². The lowest BCUT2D eigenvalue weighted by Crippen LogP contribution is -2.42. The highest BCUT2D eigenvalue weighted by Gasteiger charge is 2.26. The number of amides is 1. The number of aromatic nitrogens is 1. The molecule has 0 aliphatic carbocycles. The fourth-order valence-electron chi connectivity index (χ4n) is 4.06. The molecule has 29 heavy (non-hydrogen) atoms. The van der Waals surface area contributed by atoms with E-state index in [1.54, 1.807) is 16.8 Å². The Balaban J connectivity index is 1.47. The number of rotatable bonds is 6.